The van der Waals surface area contributed by atoms with E-state index in [1.807, 2.05) is 13.8 Å². The van der Waals surface area contributed by atoms with E-state index in [0.717, 1.165) is 16.3 Å². The maximum atomic E-state index is 13.8. The van der Waals surface area contributed by atoms with E-state index in [1.165, 1.54) is 77.2 Å². The van der Waals surface area contributed by atoms with Crippen LogP contribution in [0.4, 0.5) is 13.9 Å². The Kier molecular flexibility index (Phi) is 7.54. The molecule has 3 aromatic carbocycles. The summed E-state index contributed by atoms with van der Waals surface area (Å²) in [7, 11) is -3.79. The molecule has 202 valence electrons. The third-order valence-electron chi connectivity index (χ3n) is 6.03. The molecule has 1 aliphatic rings. The summed E-state index contributed by atoms with van der Waals surface area (Å²) in [4.78, 5) is 18.1. The molecule has 1 saturated heterocycles. The number of benzene rings is 3. The molecule has 0 spiro atoms. The number of carbonyl (C=O) groups excluding carboxylic acids is 1. The lowest BCUT2D eigenvalue weighted by atomic mass is 10.2. The van der Waals surface area contributed by atoms with Crippen LogP contribution in [0.15, 0.2) is 76.7 Å². The highest BCUT2D eigenvalue weighted by molar-refractivity contribution is 7.89. The number of fused-ring (bicyclic) bond motifs is 1. The molecule has 2 unspecified atom stereocenters. The summed E-state index contributed by atoms with van der Waals surface area (Å²) < 4.78 is 61.1. The van der Waals surface area contributed by atoms with Crippen molar-refractivity contribution < 1.29 is 26.7 Å². The maximum absolute atomic E-state index is 13.8. The van der Waals surface area contributed by atoms with Crippen molar-refractivity contribution in [3.05, 3.63) is 89.5 Å². The second-order valence-corrected chi connectivity index (χ2v) is 12.1. The number of amides is 1. The zero-order valence-electron chi connectivity index (χ0n) is 21.0. The molecule has 39 heavy (non-hydrogen) atoms. The van der Waals surface area contributed by atoms with Gasteiger partial charge >= 0.3 is 0 Å². The number of hydrogen-bond acceptors (Lipinski definition) is 7. The molecule has 12 heteroatoms. The summed E-state index contributed by atoms with van der Waals surface area (Å²) in [5.74, 6) is -1.43. The zero-order chi connectivity index (χ0) is 27.7. The summed E-state index contributed by atoms with van der Waals surface area (Å²) in [6, 6.07) is 15.2. The summed E-state index contributed by atoms with van der Waals surface area (Å²) in [5, 5.41) is 5.54. The van der Waals surface area contributed by atoms with Crippen LogP contribution in [0, 0.1) is 11.6 Å². The Morgan fingerprint density at radius 1 is 1.03 bits per heavy atom. The van der Waals surface area contributed by atoms with Crippen molar-refractivity contribution in [2.45, 2.75) is 31.0 Å². The second-order valence-electron chi connectivity index (χ2n) is 9.13. The van der Waals surface area contributed by atoms with Crippen molar-refractivity contribution in [1.29, 1.82) is 0 Å². The molecule has 2 atom stereocenters. The predicted molar refractivity (Wildman–Crippen MR) is 146 cm³/mol. The number of morpholine rings is 1. The van der Waals surface area contributed by atoms with E-state index in [0.29, 0.717) is 15.8 Å². The Hall–Kier alpha value is -3.58. The topological polar surface area (TPSA) is 92.2 Å². The lowest BCUT2D eigenvalue weighted by Gasteiger charge is -2.34. The first-order chi connectivity index (χ1) is 18.6. The Bertz CT molecular complexity index is 1630. The molecule has 1 fully saturated rings. The van der Waals surface area contributed by atoms with E-state index >= 15 is 0 Å². The fourth-order valence-electron chi connectivity index (χ4n) is 4.21. The van der Waals surface area contributed by atoms with Crippen LogP contribution in [-0.2, 0) is 14.8 Å². The van der Waals surface area contributed by atoms with Gasteiger partial charge in [-0.05, 0) is 74.0 Å². The third-order valence-corrected chi connectivity index (χ3v) is 8.87. The standard InChI is InChI=1S/C27H24F2N4O4S2/c1-17-15-32(16-18(2)37-17)39(35,36)23-10-5-20(6-11-23)26(34)33(30-14-19-3-7-21(28)8-4-19)27-31-24-12-9-22(29)13-25(24)38-27/h3-14,17-18H,15-16H2,1-2H3/b30-14+. The Morgan fingerprint density at radius 3 is 2.33 bits per heavy atom. The van der Waals surface area contributed by atoms with Crippen LogP contribution in [-0.4, -0.2) is 55.1 Å². The average molecular weight is 571 g/mol. The monoisotopic (exact) mass is 570 g/mol. The van der Waals surface area contributed by atoms with Gasteiger partial charge in [0.2, 0.25) is 15.2 Å². The zero-order valence-corrected chi connectivity index (χ0v) is 22.6. The molecule has 0 aliphatic carbocycles. The molecular weight excluding hydrogens is 546 g/mol. The minimum absolute atomic E-state index is 0.0529. The number of nitrogens with zero attached hydrogens (tertiary/aromatic N) is 4. The van der Waals surface area contributed by atoms with E-state index in [9.17, 15) is 22.0 Å². The van der Waals surface area contributed by atoms with Crippen LogP contribution in [0.3, 0.4) is 0 Å². The van der Waals surface area contributed by atoms with Gasteiger partial charge in [0.15, 0.2) is 0 Å². The fourth-order valence-corrected chi connectivity index (χ4v) is 6.74. The maximum Gasteiger partial charge on any atom is 0.280 e. The highest BCUT2D eigenvalue weighted by atomic mass is 32.2. The average Bonchev–Trinajstić information content (AvgIpc) is 3.32. The van der Waals surface area contributed by atoms with Gasteiger partial charge in [0.25, 0.3) is 5.91 Å². The third kappa shape index (κ3) is 5.88. The highest BCUT2D eigenvalue weighted by Gasteiger charge is 2.32. The van der Waals surface area contributed by atoms with Crippen LogP contribution < -0.4 is 5.01 Å². The number of thiazole rings is 1. The van der Waals surface area contributed by atoms with Crippen LogP contribution in [0.5, 0.6) is 0 Å². The number of ether oxygens (including phenoxy) is 1. The minimum Gasteiger partial charge on any atom is -0.373 e. The van der Waals surface area contributed by atoms with Crippen LogP contribution >= 0.6 is 11.3 Å². The lowest BCUT2D eigenvalue weighted by molar-refractivity contribution is -0.0440. The molecule has 0 radical (unpaired) electrons. The Balaban J connectivity index is 1.46. The minimum atomic E-state index is -3.79. The van der Waals surface area contributed by atoms with Gasteiger partial charge in [-0.25, -0.2) is 22.2 Å². The summed E-state index contributed by atoms with van der Waals surface area (Å²) in [5.41, 5.74) is 1.19. The normalized spacial score (nSPS) is 18.6. The summed E-state index contributed by atoms with van der Waals surface area (Å²) in [6.07, 6.45) is 0.905. The first kappa shape index (κ1) is 27.0. The number of carbonyl (C=O) groups is 1. The van der Waals surface area contributed by atoms with E-state index in [4.69, 9.17) is 4.74 Å². The van der Waals surface area contributed by atoms with Gasteiger partial charge in [0.1, 0.15) is 11.6 Å². The molecule has 5 rings (SSSR count). The van der Waals surface area contributed by atoms with Crippen molar-refractivity contribution in [3.63, 3.8) is 0 Å². The van der Waals surface area contributed by atoms with E-state index in [2.05, 4.69) is 10.1 Å². The van der Waals surface area contributed by atoms with Gasteiger partial charge in [-0.3, -0.25) is 4.79 Å². The quantitative estimate of drug-likeness (QED) is 0.239. The first-order valence-electron chi connectivity index (χ1n) is 12.1. The molecule has 4 aromatic rings. The lowest BCUT2D eigenvalue weighted by Crippen LogP contribution is -2.48. The first-order valence-corrected chi connectivity index (χ1v) is 14.3. The smallest absolute Gasteiger partial charge is 0.280 e. The van der Waals surface area contributed by atoms with E-state index in [1.54, 1.807) is 0 Å². The van der Waals surface area contributed by atoms with Gasteiger partial charge in [-0.15, -0.1) is 0 Å². The Morgan fingerprint density at radius 2 is 1.67 bits per heavy atom. The van der Waals surface area contributed by atoms with Gasteiger partial charge < -0.3 is 4.74 Å². The van der Waals surface area contributed by atoms with Gasteiger partial charge in [0.05, 0.1) is 33.5 Å². The summed E-state index contributed by atoms with van der Waals surface area (Å²) in [6.45, 7) is 4.10. The van der Waals surface area contributed by atoms with Gasteiger partial charge in [-0.2, -0.15) is 14.4 Å². The molecule has 0 N–H and O–H groups in total. The van der Waals surface area contributed by atoms with Crippen molar-refractivity contribution in [1.82, 2.24) is 9.29 Å². The van der Waals surface area contributed by atoms with Crippen molar-refractivity contribution in [2.24, 2.45) is 5.10 Å². The molecule has 2 heterocycles. The number of aromatic nitrogens is 1. The predicted octanol–water partition coefficient (Wildman–Crippen LogP) is 5.05. The van der Waals surface area contributed by atoms with Crippen molar-refractivity contribution >= 4 is 48.8 Å². The van der Waals surface area contributed by atoms with Gasteiger partial charge in [0, 0.05) is 18.7 Å². The number of hydrogen-bond donors (Lipinski definition) is 0. The fraction of sp³-hybridized carbons (Fsp3) is 0.222. The summed E-state index contributed by atoms with van der Waals surface area (Å²) >= 11 is 1.07. The Labute approximate surface area is 228 Å². The molecular formula is C27H24F2N4O4S2. The number of anilines is 1. The molecule has 0 bridgehead atoms. The van der Waals surface area contributed by atoms with E-state index in [-0.39, 0.29) is 40.9 Å². The SMILES string of the molecule is CC1CN(S(=O)(=O)c2ccc(C(=O)N(/N=C/c3ccc(F)cc3)c3nc4ccc(F)cc4s3)cc2)CC(C)O1. The molecule has 0 saturated carbocycles. The number of rotatable bonds is 6. The molecule has 1 aliphatic heterocycles. The number of sulfonamides is 1. The number of halogens is 2. The molecule has 1 amide bonds. The van der Waals surface area contributed by atoms with Crippen LogP contribution in [0.2, 0.25) is 0 Å². The highest BCUT2D eigenvalue weighted by Crippen LogP contribution is 2.31. The van der Waals surface area contributed by atoms with Crippen molar-refractivity contribution in [2.75, 3.05) is 18.1 Å². The second kappa shape index (κ2) is 10.9. The van der Waals surface area contributed by atoms with Gasteiger partial charge in [-0.1, -0.05) is 23.5 Å². The van der Waals surface area contributed by atoms with E-state index < -0.39 is 27.6 Å². The van der Waals surface area contributed by atoms with Crippen LogP contribution in [0.1, 0.15) is 29.8 Å². The molecule has 1 aromatic heterocycles. The van der Waals surface area contributed by atoms with Crippen molar-refractivity contribution in [3.8, 4) is 0 Å². The number of hydrazone groups is 1. The largest absolute Gasteiger partial charge is 0.373 e. The van der Waals surface area contributed by atoms with Crippen LogP contribution in [0.25, 0.3) is 10.2 Å². The molecule has 8 nitrogen and oxygen atoms in total.